The van der Waals surface area contributed by atoms with Gasteiger partial charge in [0, 0.05) is 16.5 Å². The molecule has 0 spiro atoms. The Balaban J connectivity index is 0.00000141. The maximum atomic E-state index is 12.1. The molecular formula is C27H34BrNO3. The molecule has 1 aliphatic rings. The lowest BCUT2D eigenvalue weighted by molar-refractivity contribution is 0.0601. The summed E-state index contributed by atoms with van der Waals surface area (Å²) in [7, 11) is 1.43. The van der Waals surface area contributed by atoms with Crippen molar-refractivity contribution in [2.45, 2.75) is 58.4 Å². The predicted octanol–water partition coefficient (Wildman–Crippen LogP) is 7.40. The number of rotatable bonds is 8. The maximum absolute atomic E-state index is 12.1. The van der Waals surface area contributed by atoms with Crippen LogP contribution < -0.4 is 4.74 Å². The van der Waals surface area contributed by atoms with Crippen LogP contribution in [0.3, 0.4) is 0 Å². The number of carbonyl (C=O) groups is 1. The van der Waals surface area contributed by atoms with Gasteiger partial charge in [0.2, 0.25) is 0 Å². The Morgan fingerprint density at radius 1 is 1.06 bits per heavy atom. The van der Waals surface area contributed by atoms with Crippen molar-refractivity contribution in [3.05, 3.63) is 53.6 Å². The number of alkyl halides is 1. The topological polar surface area (TPSA) is 40.5 Å². The fourth-order valence-electron chi connectivity index (χ4n) is 4.58. The van der Waals surface area contributed by atoms with Gasteiger partial charge in [-0.15, -0.1) is 0 Å². The second-order valence-electron chi connectivity index (χ2n) is 8.06. The van der Waals surface area contributed by atoms with E-state index in [1.807, 2.05) is 24.0 Å². The van der Waals surface area contributed by atoms with Gasteiger partial charge in [0.25, 0.3) is 0 Å². The van der Waals surface area contributed by atoms with E-state index in [0.29, 0.717) is 12.2 Å². The molecule has 0 N–H and O–H groups in total. The van der Waals surface area contributed by atoms with Gasteiger partial charge >= 0.3 is 5.97 Å². The number of hydrogen-bond donors (Lipinski definition) is 0. The highest BCUT2D eigenvalue weighted by molar-refractivity contribution is 9.08. The molecule has 172 valence electrons. The summed E-state index contributed by atoms with van der Waals surface area (Å²) in [5.74, 6) is 2.46. The zero-order valence-corrected chi connectivity index (χ0v) is 21.0. The summed E-state index contributed by atoms with van der Waals surface area (Å²) in [6.45, 7) is 3.64. The fraction of sp³-hybridized carbons (Fsp3) is 0.444. The van der Waals surface area contributed by atoms with Gasteiger partial charge in [-0.25, -0.2) is 4.79 Å². The lowest BCUT2D eigenvalue weighted by Gasteiger charge is -2.10. The lowest BCUT2D eigenvalue weighted by atomic mass is 9.98. The Morgan fingerprint density at radius 2 is 1.81 bits per heavy atom. The Labute approximate surface area is 200 Å². The molecule has 1 aromatic heterocycles. The van der Waals surface area contributed by atoms with E-state index in [1.54, 1.807) is 0 Å². The molecule has 0 saturated heterocycles. The first kappa shape index (κ1) is 24.4. The van der Waals surface area contributed by atoms with Crippen LogP contribution in [0.1, 0.15) is 61.4 Å². The number of carbonyl (C=O) groups excluding carboxylic acids is 1. The molecule has 0 bridgehead atoms. The molecule has 0 saturated carbocycles. The summed E-state index contributed by atoms with van der Waals surface area (Å²) in [5.41, 5.74) is 5.44. The number of nitrogens with zero attached hydrogens (tertiary/aromatic N) is 1. The van der Waals surface area contributed by atoms with E-state index in [-0.39, 0.29) is 5.97 Å². The van der Waals surface area contributed by atoms with Crippen molar-refractivity contribution in [1.29, 1.82) is 0 Å². The molecule has 4 rings (SSSR count). The SMILES string of the molecule is CBr.CCCCCCCCc1c2n(c3cc(C(=O)OC)ccc13)CCOc1ccccc1-2. The smallest absolute Gasteiger partial charge is 0.337 e. The molecule has 0 aliphatic carbocycles. The van der Waals surface area contributed by atoms with Gasteiger partial charge in [-0.05, 0) is 48.5 Å². The largest absolute Gasteiger partial charge is 0.491 e. The van der Waals surface area contributed by atoms with Crippen molar-refractivity contribution in [3.8, 4) is 17.0 Å². The quantitative estimate of drug-likeness (QED) is 0.184. The van der Waals surface area contributed by atoms with E-state index in [1.165, 1.54) is 62.3 Å². The van der Waals surface area contributed by atoms with Gasteiger partial charge in [-0.1, -0.05) is 73.2 Å². The molecule has 0 radical (unpaired) electrons. The Kier molecular flexibility index (Phi) is 9.22. The van der Waals surface area contributed by atoms with Crippen molar-refractivity contribution < 1.29 is 14.3 Å². The fourth-order valence-corrected chi connectivity index (χ4v) is 4.58. The number of halogens is 1. The molecule has 3 aromatic rings. The molecule has 2 heterocycles. The third-order valence-electron chi connectivity index (χ3n) is 6.09. The number of para-hydroxylation sites is 1. The molecule has 0 atom stereocenters. The van der Waals surface area contributed by atoms with Crippen LogP contribution in [0.2, 0.25) is 0 Å². The number of aryl methyl sites for hydroxylation is 1. The average molecular weight is 500 g/mol. The summed E-state index contributed by atoms with van der Waals surface area (Å²) in [6, 6.07) is 14.3. The number of esters is 1. The standard InChI is InChI=1S/C26H31NO3.CH3Br/c1-3-4-5-6-7-8-11-21-20-15-14-19(26(28)29-2)18-23(20)27-16-17-30-24-13-10-9-12-22(24)25(21)27;1-2/h9-10,12-15,18H,3-8,11,16-17H2,1-2H3;1H3. The maximum Gasteiger partial charge on any atom is 0.337 e. The molecule has 32 heavy (non-hydrogen) atoms. The minimum Gasteiger partial charge on any atom is -0.491 e. The number of aromatic nitrogens is 1. The van der Waals surface area contributed by atoms with Gasteiger partial charge in [0.1, 0.15) is 12.4 Å². The van der Waals surface area contributed by atoms with E-state index >= 15 is 0 Å². The summed E-state index contributed by atoms with van der Waals surface area (Å²) >= 11 is 2.94. The first-order valence-corrected chi connectivity index (χ1v) is 13.2. The molecular weight excluding hydrogens is 466 g/mol. The average Bonchev–Trinajstić information content (AvgIpc) is 3.01. The van der Waals surface area contributed by atoms with Gasteiger partial charge < -0.3 is 14.0 Å². The minimum absolute atomic E-state index is 0.296. The van der Waals surface area contributed by atoms with Gasteiger partial charge in [0.05, 0.1) is 24.9 Å². The Hall–Kier alpha value is -2.27. The third kappa shape index (κ3) is 5.20. The number of ether oxygens (including phenoxy) is 2. The number of fused-ring (bicyclic) bond motifs is 5. The highest BCUT2D eigenvalue weighted by atomic mass is 79.9. The summed E-state index contributed by atoms with van der Waals surface area (Å²) < 4.78 is 13.3. The summed E-state index contributed by atoms with van der Waals surface area (Å²) in [4.78, 5) is 12.1. The number of hydrogen-bond acceptors (Lipinski definition) is 3. The van der Waals surface area contributed by atoms with Crippen molar-refractivity contribution in [1.82, 2.24) is 4.57 Å². The molecule has 0 amide bonds. The second kappa shape index (κ2) is 12.1. The summed E-state index contributed by atoms with van der Waals surface area (Å²) in [6.07, 6.45) is 8.69. The number of methoxy groups -OCH3 is 1. The summed E-state index contributed by atoms with van der Waals surface area (Å²) in [5, 5.41) is 1.24. The van der Waals surface area contributed by atoms with Crippen LogP contribution in [0.5, 0.6) is 5.75 Å². The van der Waals surface area contributed by atoms with Crippen LogP contribution in [-0.4, -0.2) is 30.1 Å². The van der Waals surface area contributed by atoms with Gasteiger partial charge in [-0.2, -0.15) is 0 Å². The molecule has 2 aromatic carbocycles. The van der Waals surface area contributed by atoms with Gasteiger partial charge in [0.15, 0.2) is 0 Å². The van der Waals surface area contributed by atoms with Crippen LogP contribution in [0.25, 0.3) is 22.2 Å². The van der Waals surface area contributed by atoms with E-state index in [2.05, 4.69) is 51.7 Å². The normalized spacial score (nSPS) is 12.1. The lowest BCUT2D eigenvalue weighted by Crippen LogP contribution is -2.06. The highest BCUT2D eigenvalue weighted by Gasteiger charge is 2.24. The Morgan fingerprint density at radius 3 is 2.59 bits per heavy atom. The second-order valence-corrected chi connectivity index (χ2v) is 8.06. The van der Waals surface area contributed by atoms with E-state index in [9.17, 15) is 4.79 Å². The van der Waals surface area contributed by atoms with E-state index < -0.39 is 0 Å². The number of unbranched alkanes of at least 4 members (excludes halogenated alkanes) is 5. The Bertz CT molecular complexity index is 1040. The first-order chi connectivity index (χ1) is 15.7. The number of benzene rings is 2. The van der Waals surface area contributed by atoms with E-state index in [4.69, 9.17) is 9.47 Å². The molecule has 0 fully saturated rings. The molecule has 5 heteroatoms. The van der Waals surface area contributed by atoms with Gasteiger partial charge in [-0.3, -0.25) is 0 Å². The van der Waals surface area contributed by atoms with Crippen LogP contribution in [0.15, 0.2) is 42.5 Å². The molecule has 1 aliphatic heterocycles. The monoisotopic (exact) mass is 499 g/mol. The third-order valence-corrected chi connectivity index (χ3v) is 6.09. The zero-order chi connectivity index (χ0) is 22.9. The van der Waals surface area contributed by atoms with Crippen molar-refractivity contribution in [2.75, 3.05) is 19.5 Å². The predicted molar refractivity (Wildman–Crippen MR) is 136 cm³/mol. The minimum atomic E-state index is -0.296. The first-order valence-electron chi connectivity index (χ1n) is 11.6. The van der Waals surface area contributed by atoms with Crippen LogP contribution in [-0.2, 0) is 17.7 Å². The van der Waals surface area contributed by atoms with Crippen molar-refractivity contribution >= 4 is 32.8 Å². The van der Waals surface area contributed by atoms with Crippen molar-refractivity contribution in [2.24, 2.45) is 0 Å². The van der Waals surface area contributed by atoms with Crippen LogP contribution in [0, 0.1) is 0 Å². The highest BCUT2D eigenvalue weighted by Crippen LogP contribution is 2.41. The molecule has 0 unspecified atom stereocenters. The van der Waals surface area contributed by atoms with E-state index in [0.717, 1.165) is 29.8 Å². The van der Waals surface area contributed by atoms with Crippen LogP contribution in [0.4, 0.5) is 0 Å². The molecule has 4 nitrogen and oxygen atoms in total. The van der Waals surface area contributed by atoms with Crippen LogP contribution >= 0.6 is 15.9 Å². The zero-order valence-electron chi connectivity index (χ0n) is 19.5. The van der Waals surface area contributed by atoms with Crippen molar-refractivity contribution in [3.63, 3.8) is 0 Å².